The number of carboxylic acids is 1. The lowest BCUT2D eigenvalue weighted by Crippen LogP contribution is -2.48. The molecule has 1 aliphatic rings. The van der Waals surface area contributed by atoms with E-state index in [0.29, 0.717) is 37.6 Å². The highest BCUT2D eigenvalue weighted by Crippen LogP contribution is 2.22. The summed E-state index contributed by atoms with van der Waals surface area (Å²) in [6.45, 7) is 2.85. The number of nitrogens with zero attached hydrogens (tertiary/aromatic N) is 1. The highest BCUT2D eigenvalue weighted by molar-refractivity contribution is 7.99. The molecule has 0 radical (unpaired) electrons. The summed E-state index contributed by atoms with van der Waals surface area (Å²) in [6, 6.07) is 6.86. The van der Waals surface area contributed by atoms with Gasteiger partial charge in [0.05, 0.1) is 0 Å². The van der Waals surface area contributed by atoms with Gasteiger partial charge in [0.15, 0.2) is 6.23 Å². The molecule has 1 aliphatic heterocycles. The molecule has 10 heteroatoms. The number of benzene rings is 1. The number of ether oxygens (including phenoxy) is 1. The SMILES string of the molecule is CSCCC(CCCCC(=O)OC(NCCC(=O)N1CCc2ccccc2CC1C(=O)O)C(C)CN)SC. The Morgan fingerprint density at radius 2 is 1.89 bits per heavy atom. The van der Waals surface area contributed by atoms with Gasteiger partial charge in [0.1, 0.15) is 6.04 Å². The first-order chi connectivity index (χ1) is 18.3. The van der Waals surface area contributed by atoms with E-state index in [1.165, 1.54) is 11.3 Å². The Morgan fingerprint density at radius 1 is 1.16 bits per heavy atom. The average molecular weight is 568 g/mol. The third-order valence-electron chi connectivity index (χ3n) is 7.10. The molecular formula is C28H45N3O5S2. The number of hydrogen-bond donors (Lipinski definition) is 3. The minimum Gasteiger partial charge on any atom is -0.480 e. The maximum Gasteiger partial charge on any atom is 0.326 e. The van der Waals surface area contributed by atoms with E-state index in [1.54, 1.807) is 0 Å². The third-order valence-corrected chi connectivity index (χ3v) is 8.88. The van der Waals surface area contributed by atoms with Gasteiger partial charge >= 0.3 is 11.9 Å². The van der Waals surface area contributed by atoms with Crippen molar-refractivity contribution < 1.29 is 24.2 Å². The number of rotatable bonds is 17. The molecule has 2 rings (SSSR count). The van der Waals surface area contributed by atoms with Gasteiger partial charge in [-0.3, -0.25) is 14.9 Å². The quantitative estimate of drug-likeness (QED) is 0.147. The first-order valence-corrected chi connectivity index (χ1v) is 16.2. The molecule has 1 amide bonds. The van der Waals surface area contributed by atoms with Gasteiger partial charge in [0.25, 0.3) is 0 Å². The molecular weight excluding hydrogens is 522 g/mol. The van der Waals surface area contributed by atoms with Gasteiger partial charge in [-0.25, -0.2) is 4.79 Å². The number of hydrogen-bond acceptors (Lipinski definition) is 8. The van der Waals surface area contributed by atoms with E-state index in [1.807, 2.05) is 54.7 Å². The second kappa shape index (κ2) is 17.8. The molecule has 4 unspecified atom stereocenters. The second-order valence-electron chi connectivity index (χ2n) is 9.88. The van der Waals surface area contributed by atoms with Gasteiger partial charge in [-0.2, -0.15) is 23.5 Å². The van der Waals surface area contributed by atoms with Crippen LogP contribution in [0.4, 0.5) is 0 Å². The third kappa shape index (κ3) is 10.8. The number of carbonyl (C=O) groups excluding carboxylic acids is 2. The fourth-order valence-corrected chi connectivity index (χ4v) is 6.08. The monoisotopic (exact) mass is 567 g/mol. The van der Waals surface area contributed by atoms with Crippen LogP contribution in [-0.4, -0.2) is 83.3 Å². The highest BCUT2D eigenvalue weighted by atomic mass is 32.2. The zero-order chi connectivity index (χ0) is 27.9. The van der Waals surface area contributed by atoms with Gasteiger partial charge in [0.2, 0.25) is 5.91 Å². The molecule has 1 aromatic carbocycles. The fraction of sp³-hybridized carbons (Fsp3) is 0.679. The summed E-state index contributed by atoms with van der Waals surface area (Å²) in [7, 11) is 0. The van der Waals surface area contributed by atoms with Gasteiger partial charge in [0, 0.05) is 43.5 Å². The Kier molecular flexibility index (Phi) is 15.2. The minimum atomic E-state index is -1.00. The molecule has 1 aromatic rings. The largest absolute Gasteiger partial charge is 0.480 e. The van der Waals surface area contributed by atoms with Gasteiger partial charge in [-0.15, -0.1) is 0 Å². The molecule has 1 heterocycles. The van der Waals surface area contributed by atoms with Gasteiger partial charge in [-0.1, -0.05) is 37.6 Å². The summed E-state index contributed by atoms with van der Waals surface area (Å²) in [6.07, 6.45) is 9.10. The highest BCUT2D eigenvalue weighted by Gasteiger charge is 2.32. The molecule has 0 aromatic heterocycles. The molecule has 0 saturated heterocycles. The lowest BCUT2D eigenvalue weighted by atomic mass is 10.0. The molecule has 0 aliphatic carbocycles. The summed E-state index contributed by atoms with van der Waals surface area (Å²) in [5.41, 5.74) is 7.90. The maximum absolute atomic E-state index is 13.1. The van der Waals surface area contributed by atoms with Crippen LogP contribution in [0.1, 0.15) is 56.6 Å². The first kappa shape index (κ1) is 32.5. The lowest BCUT2D eigenvalue weighted by Gasteiger charge is -2.28. The number of fused-ring (bicyclic) bond motifs is 1. The van der Waals surface area contributed by atoms with Crippen LogP contribution in [0.15, 0.2) is 24.3 Å². The van der Waals surface area contributed by atoms with Crippen molar-refractivity contribution in [2.24, 2.45) is 11.7 Å². The van der Waals surface area contributed by atoms with Crippen LogP contribution >= 0.6 is 23.5 Å². The molecule has 0 spiro atoms. The van der Waals surface area contributed by atoms with E-state index in [0.717, 1.165) is 36.1 Å². The van der Waals surface area contributed by atoms with Crippen LogP contribution in [0.25, 0.3) is 0 Å². The summed E-state index contributed by atoms with van der Waals surface area (Å²) in [4.78, 5) is 39.0. The van der Waals surface area contributed by atoms with Crippen LogP contribution in [0, 0.1) is 5.92 Å². The van der Waals surface area contributed by atoms with Crippen molar-refractivity contribution in [3.63, 3.8) is 0 Å². The molecule has 214 valence electrons. The number of aliphatic carboxylic acids is 1. The van der Waals surface area contributed by atoms with E-state index < -0.39 is 18.2 Å². The first-order valence-electron chi connectivity index (χ1n) is 13.5. The van der Waals surface area contributed by atoms with Crippen molar-refractivity contribution in [3.8, 4) is 0 Å². The summed E-state index contributed by atoms with van der Waals surface area (Å²) >= 11 is 3.75. The smallest absolute Gasteiger partial charge is 0.326 e. The van der Waals surface area contributed by atoms with Gasteiger partial charge < -0.3 is 20.5 Å². The summed E-state index contributed by atoms with van der Waals surface area (Å²) in [5, 5.41) is 13.6. The lowest BCUT2D eigenvalue weighted by molar-refractivity contribution is -0.154. The number of unbranched alkanes of at least 4 members (excludes halogenated alkanes) is 1. The molecule has 38 heavy (non-hydrogen) atoms. The van der Waals surface area contributed by atoms with Crippen LogP contribution in [0.3, 0.4) is 0 Å². The summed E-state index contributed by atoms with van der Waals surface area (Å²) < 4.78 is 5.69. The Morgan fingerprint density at radius 3 is 2.55 bits per heavy atom. The number of carbonyl (C=O) groups is 3. The van der Waals surface area contributed by atoms with Crippen molar-refractivity contribution in [3.05, 3.63) is 35.4 Å². The molecule has 4 N–H and O–H groups in total. The number of esters is 1. The Balaban J connectivity index is 1.83. The van der Waals surface area contributed by atoms with Crippen molar-refractivity contribution in [2.75, 3.05) is 37.9 Å². The topological polar surface area (TPSA) is 122 Å². The standard InChI is InChI=1S/C28H45N3O5S2/c1-20(19-29)27(36-26(33)11-7-6-10-23(38-3)14-17-37-2)30-15-12-25(32)31-16-13-21-8-4-5-9-22(21)18-24(31)28(34)35/h4-5,8-9,20,23-24,27,30H,6-7,10-19,29H2,1-3H3,(H,34,35). The molecule has 8 nitrogen and oxygen atoms in total. The number of thioether (sulfide) groups is 2. The van der Waals surface area contributed by atoms with E-state index in [2.05, 4.69) is 17.8 Å². The van der Waals surface area contributed by atoms with Crippen molar-refractivity contribution in [1.29, 1.82) is 0 Å². The Bertz CT molecular complexity index is 888. The van der Waals surface area contributed by atoms with E-state index >= 15 is 0 Å². The number of amides is 1. The van der Waals surface area contributed by atoms with E-state index in [9.17, 15) is 19.5 Å². The fourth-order valence-electron chi connectivity index (χ4n) is 4.65. The Hall–Kier alpha value is -1.75. The second-order valence-corrected chi connectivity index (χ2v) is 12.0. The average Bonchev–Trinajstić information content (AvgIpc) is 3.11. The Labute approximate surface area is 236 Å². The maximum atomic E-state index is 13.1. The number of nitrogens with one attached hydrogen (secondary N) is 1. The zero-order valence-corrected chi connectivity index (χ0v) is 24.7. The normalized spacial score (nSPS) is 17.7. The molecule has 4 atom stereocenters. The van der Waals surface area contributed by atoms with Crippen molar-refractivity contribution in [2.45, 2.75) is 75.8 Å². The number of nitrogens with two attached hydrogens (primary N) is 1. The van der Waals surface area contributed by atoms with Crippen molar-refractivity contribution >= 4 is 41.4 Å². The zero-order valence-electron chi connectivity index (χ0n) is 23.0. The molecule has 0 saturated carbocycles. The summed E-state index contributed by atoms with van der Waals surface area (Å²) in [5.74, 6) is -0.466. The van der Waals surface area contributed by atoms with Crippen LogP contribution in [0.2, 0.25) is 0 Å². The van der Waals surface area contributed by atoms with Crippen LogP contribution in [0.5, 0.6) is 0 Å². The molecule has 0 fully saturated rings. The minimum absolute atomic E-state index is 0.109. The van der Waals surface area contributed by atoms with Gasteiger partial charge in [-0.05, 0) is 61.6 Å². The van der Waals surface area contributed by atoms with Crippen molar-refractivity contribution in [1.82, 2.24) is 10.2 Å². The predicted molar refractivity (Wildman–Crippen MR) is 156 cm³/mol. The predicted octanol–water partition coefficient (Wildman–Crippen LogP) is 3.56. The van der Waals surface area contributed by atoms with E-state index in [4.69, 9.17) is 10.5 Å². The van der Waals surface area contributed by atoms with E-state index in [-0.39, 0.29) is 30.8 Å². The number of carboxylic acid groups (broad SMARTS) is 1. The molecule has 0 bridgehead atoms. The van der Waals surface area contributed by atoms with Crippen LogP contribution < -0.4 is 11.1 Å². The van der Waals surface area contributed by atoms with Crippen LogP contribution in [-0.2, 0) is 32.0 Å².